The SMILES string of the molecule is OCCCN1CCN(C2Cc3cc(F)ccc3Sc3ccc(Cl)cc32)CC1. The first-order valence-corrected chi connectivity index (χ1v) is 10.7. The van der Waals surface area contributed by atoms with Gasteiger partial charge in [-0.3, -0.25) is 4.90 Å². The predicted octanol–water partition coefficient (Wildman–Crippen LogP) is 4.23. The minimum absolute atomic E-state index is 0.175. The van der Waals surface area contributed by atoms with Crippen LogP contribution in [-0.2, 0) is 6.42 Å². The van der Waals surface area contributed by atoms with Gasteiger partial charge in [-0.25, -0.2) is 4.39 Å². The molecule has 3 nitrogen and oxygen atoms in total. The van der Waals surface area contributed by atoms with Gasteiger partial charge in [-0.05, 0) is 60.4 Å². The second-order valence-electron chi connectivity index (χ2n) is 7.21. The summed E-state index contributed by atoms with van der Waals surface area (Å²) in [7, 11) is 0. The van der Waals surface area contributed by atoms with Crippen molar-refractivity contribution in [2.75, 3.05) is 39.3 Å². The molecule has 1 atom stereocenters. The molecule has 2 aromatic carbocycles. The van der Waals surface area contributed by atoms with Crippen molar-refractivity contribution in [1.29, 1.82) is 0 Å². The number of aliphatic hydroxyl groups is 1. The molecule has 1 unspecified atom stereocenters. The van der Waals surface area contributed by atoms with Crippen LogP contribution >= 0.6 is 23.4 Å². The van der Waals surface area contributed by atoms with Crippen LogP contribution in [-0.4, -0.2) is 54.2 Å². The molecule has 2 aromatic rings. The van der Waals surface area contributed by atoms with Crippen molar-refractivity contribution >= 4 is 23.4 Å². The molecule has 27 heavy (non-hydrogen) atoms. The lowest BCUT2D eigenvalue weighted by Crippen LogP contribution is -2.48. The molecule has 0 bridgehead atoms. The minimum atomic E-state index is -0.175. The molecule has 0 saturated carbocycles. The number of nitrogens with zero attached hydrogens (tertiary/aromatic N) is 2. The van der Waals surface area contributed by atoms with Crippen molar-refractivity contribution in [3.8, 4) is 0 Å². The van der Waals surface area contributed by atoms with Gasteiger partial charge in [0.05, 0.1) is 0 Å². The second-order valence-corrected chi connectivity index (χ2v) is 8.73. The lowest BCUT2D eigenvalue weighted by atomic mass is 9.96. The van der Waals surface area contributed by atoms with E-state index in [4.69, 9.17) is 16.7 Å². The summed E-state index contributed by atoms with van der Waals surface area (Å²) in [5.41, 5.74) is 2.31. The predicted molar refractivity (Wildman–Crippen MR) is 108 cm³/mol. The van der Waals surface area contributed by atoms with Crippen molar-refractivity contribution in [3.63, 3.8) is 0 Å². The van der Waals surface area contributed by atoms with E-state index in [9.17, 15) is 4.39 Å². The Morgan fingerprint density at radius 1 is 1.07 bits per heavy atom. The fourth-order valence-electron chi connectivity index (χ4n) is 4.04. The van der Waals surface area contributed by atoms with Gasteiger partial charge in [-0.1, -0.05) is 23.4 Å². The Hall–Kier alpha value is -1.11. The Bertz CT molecular complexity index is 811. The molecule has 0 spiro atoms. The van der Waals surface area contributed by atoms with Crippen LogP contribution in [0.5, 0.6) is 0 Å². The molecular formula is C21H24ClFN2OS. The van der Waals surface area contributed by atoms with Crippen molar-refractivity contribution in [2.45, 2.75) is 28.7 Å². The summed E-state index contributed by atoms with van der Waals surface area (Å²) in [5, 5.41) is 9.80. The van der Waals surface area contributed by atoms with E-state index in [1.54, 1.807) is 23.9 Å². The standard InChI is InChI=1S/C21H24ClFN2OS/c22-16-2-4-21-18(14-16)19(13-15-12-17(23)3-5-20(15)27-21)25-9-7-24(8-10-25)6-1-11-26/h2-5,12,14,19,26H,1,6-11,13H2. The van der Waals surface area contributed by atoms with Crippen LogP contribution < -0.4 is 0 Å². The van der Waals surface area contributed by atoms with E-state index in [-0.39, 0.29) is 18.5 Å². The lowest BCUT2D eigenvalue weighted by molar-refractivity contribution is 0.0899. The largest absolute Gasteiger partial charge is 0.396 e. The summed E-state index contributed by atoms with van der Waals surface area (Å²) in [6.07, 6.45) is 1.62. The first-order chi connectivity index (χ1) is 13.1. The molecule has 0 radical (unpaired) electrons. The lowest BCUT2D eigenvalue weighted by Gasteiger charge is -2.39. The summed E-state index contributed by atoms with van der Waals surface area (Å²) < 4.78 is 13.9. The third kappa shape index (κ3) is 4.33. The molecule has 1 saturated heterocycles. The third-order valence-corrected chi connectivity index (χ3v) is 6.91. The molecule has 1 fully saturated rings. The molecule has 1 N–H and O–H groups in total. The average Bonchev–Trinajstić information content (AvgIpc) is 2.83. The van der Waals surface area contributed by atoms with Gasteiger partial charge in [0, 0.05) is 60.2 Å². The Balaban J connectivity index is 1.62. The molecule has 4 rings (SSSR count). The van der Waals surface area contributed by atoms with E-state index in [0.29, 0.717) is 0 Å². The fraction of sp³-hybridized carbons (Fsp3) is 0.429. The van der Waals surface area contributed by atoms with Crippen molar-refractivity contribution < 1.29 is 9.50 Å². The first kappa shape index (κ1) is 19.2. The first-order valence-electron chi connectivity index (χ1n) is 9.47. The Labute approximate surface area is 169 Å². The molecule has 6 heteroatoms. The Morgan fingerprint density at radius 2 is 1.85 bits per heavy atom. The zero-order chi connectivity index (χ0) is 18.8. The topological polar surface area (TPSA) is 26.7 Å². The number of aliphatic hydroxyl groups excluding tert-OH is 1. The normalized spacial score (nSPS) is 20.8. The number of hydrogen-bond acceptors (Lipinski definition) is 4. The second kappa shape index (κ2) is 8.50. The molecule has 2 heterocycles. The van der Waals surface area contributed by atoms with E-state index in [1.165, 1.54) is 10.5 Å². The highest BCUT2D eigenvalue weighted by Gasteiger charge is 2.30. The van der Waals surface area contributed by atoms with Gasteiger partial charge in [-0.15, -0.1) is 0 Å². The number of halogens is 2. The molecular weight excluding hydrogens is 383 g/mol. The van der Waals surface area contributed by atoms with Crippen LogP contribution in [0.15, 0.2) is 46.2 Å². The van der Waals surface area contributed by atoms with E-state index in [2.05, 4.69) is 21.9 Å². The van der Waals surface area contributed by atoms with Gasteiger partial charge >= 0.3 is 0 Å². The maximum absolute atomic E-state index is 13.9. The molecule has 0 amide bonds. The number of fused-ring (bicyclic) bond motifs is 2. The molecule has 0 aliphatic carbocycles. The van der Waals surface area contributed by atoms with Crippen molar-refractivity contribution in [2.24, 2.45) is 0 Å². The van der Waals surface area contributed by atoms with Crippen molar-refractivity contribution in [3.05, 3.63) is 58.4 Å². The monoisotopic (exact) mass is 406 g/mol. The number of piperazine rings is 1. The van der Waals surface area contributed by atoms with Crippen LogP contribution in [0.25, 0.3) is 0 Å². The smallest absolute Gasteiger partial charge is 0.123 e. The Morgan fingerprint density at radius 3 is 2.63 bits per heavy atom. The van der Waals surface area contributed by atoms with Gasteiger partial charge < -0.3 is 10.0 Å². The van der Waals surface area contributed by atoms with Crippen LogP contribution in [0.1, 0.15) is 23.6 Å². The molecule has 0 aromatic heterocycles. The van der Waals surface area contributed by atoms with Crippen LogP contribution in [0.3, 0.4) is 0 Å². The summed E-state index contributed by atoms with van der Waals surface area (Å²) in [4.78, 5) is 7.25. The minimum Gasteiger partial charge on any atom is -0.396 e. The quantitative estimate of drug-likeness (QED) is 0.822. The highest BCUT2D eigenvalue weighted by molar-refractivity contribution is 7.99. The number of hydrogen-bond donors (Lipinski definition) is 1. The molecule has 144 valence electrons. The van der Waals surface area contributed by atoms with Gasteiger partial charge in [0.2, 0.25) is 0 Å². The summed E-state index contributed by atoms with van der Waals surface area (Å²) >= 11 is 8.04. The van der Waals surface area contributed by atoms with Crippen LogP contribution in [0.2, 0.25) is 5.02 Å². The molecule has 2 aliphatic heterocycles. The summed E-state index contributed by atoms with van der Waals surface area (Å²) in [6.45, 7) is 5.12. The number of rotatable bonds is 4. The van der Waals surface area contributed by atoms with E-state index in [1.807, 2.05) is 12.1 Å². The molecule has 2 aliphatic rings. The average molecular weight is 407 g/mol. The zero-order valence-electron chi connectivity index (χ0n) is 15.2. The van der Waals surface area contributed by atoms with Crippen LogP contribution in [0.4, 0.5) is 4.39 Å². The van der Waals surface area contributed by atoms with Gasteiger partial charge in [-0.2, -0.15) is 0 Å². The van der Waals surface area contributed by atoms with Gasteiger partial charge in [0.15, 0.2) is 0 Å². The fourth-order valence-corrected chi connectivity index (χ4v) is 5.31. The highest BCUT2D eigenvalue weighted by Crippen LogP contribution is 2.44. The van der Waals surface area contributed by atoms with E-state index in [0.717, 1.165) is 61.0 Å². The maximum atomic E-state index is 13.9. The van der Waals surface area contributed by atoms with Gasteiger partial charge in [0.25, 0.3) is 0 Å². The van der Waals surface area contributed by atoms with Gasteiger partial charge in [0.1, 0.15) is 5.82 Å². The van der Waals surface area contributed by atoms with E-state index < -0.39 is 0 Å². The maximum Gasteiger partial charge on any atom is 0.123 e. The van der Waals surface area contributed by atoms with Crippen molar-refractivity contribution in [1.82, 2.24) is 9.80 Å². The Kier molecular flexibility index (Phi) is 6.05. The summed E-state index contributed by atoms with van der Waals surface area (Å²) in [6, 6.07) is 11.4. The van der Waals surface area contributed by atoms with Crippen LogP contribution in [0, 0.1) is 5.82 Å². The third-order valence-electron chi connectivity index (χ3n) is 5.47. The number of benzene rings is 2. The highest BCUT2D eigenvalue weighted by atomic mass is 35.5. The summed E-state index contributed by atoms with van der Waals surface area (Å²) in [5.74, 6) is -0.175. The zero-order valence-corrected chi connectivity index (χ0v) is 16.8. The van der Waals surface area contributed by atoms with E-state index >= 15 is 0 Å².